The summed E-state index contributed by atoms with van der Waals surface area (Å²) < 4.78 is 1.79. The molecule has 36 heavy (non-hydrogen) atoms. The van der Waals surface area contributed by atoms with Crippen LogP contribution in [0.3, 0.4) is 0 Å². The number of aliphatic hydroxyl groups is 2. The van der Waals surface area contributed by atoms with E-state index in [4.69, 9.17) is 22.3 Å². The number of fused-ring (bicyclic) bond motifs is 1. The number of pyridine rings is 2. The van der Waals surface area contributed by atoms with Gasteiger partial charge >= 0.3 is 0 Å². The van der Waals surface area contributed by atoms with E-state index in [-0.39, 0.29) is 24.7 Å². The van der Waals surface area contributed by atoms with Crippen LogP contribution < -0.4 is 10.6 Å². The van der Waals surface area contributed by atoms with Crippen molar-refractivity contribution in [3.8, 4) is 17.1 Å². The summed E-state index contributed by atoms with van der Waals surface area (Å²) in [5, 5.41) is 25.1. The first-order valence-corrected chi connectivity index (χ1v) is 12.8. The zero-order valence-corrected chi connectivity index (χ0v) is 21.1. The van der Waals surface area contributed by atoms with Gasteiger partial charge in [-0.3, -0.25) is 4.98 Å². The molecule has 1 aromatic carbocycles. The van der Waals surface area contributed by atoms with E-state index in [0.29, 0.717) is 30.5 Å². The van der Waals surface area contributed by atoms with Crippen molar-refractivity contribution in [1.82, 2.24) is 19.7 Å². The van der Waals surface area contributed by atoms with Crippen LogP contribution in [0.2, 0.25) is 0 Å². The summed E-state index contributed by atoms with van der Waals surface area (Å²) in [6.07, 6.45) is 3.70. The second-order valence-corrected chi connectivity index (χ2v) is 9.89. The summed E-state index contributed by atoms with van der Waals surface area (Å²) in [5.74, 6) is 1.03. The number of alkyl halides is 1. The van der Waals surface area contributed by atoms with E-state index in [1.807, 2.05) is 36.5 Å². The summed E-state index contributed by atoms with van der Waals surface area (Å²) in [6.45, 7) is 3.33. The summed E-state index contributed by atoms with van der Waals surface area (Å²) >= 11 is 6.19. The van der Waals surface area contributed by atoms with Gasteiger partial charge < -0.3 is 20.8 Å². The summed E-state index contributed by atoms with van der Waals surface area (Å²) in [7, 11) is 0. The molecule has 1 atom stereocenters. The molecule has 5 rings (SSSR count). The monoisotopic (exact) mass is 506 g/mol. The van der Waals surface area contributed by atoms with Gasteiger partial charge in [0.15, 0.2) is 5.82 Å². The van der Waals surface area contributed by atoms with Crippen molar-refractivity contribution in [2.75, 3.05) is 30.5 Å². The van der Waals surface area contributed by atoms with Crippen LogP contribution in [0.5, 0.6) is 0 Å². The fourth-order valence-corrected chi connectivity index (χ4v) is 5.06. The van der Waals surface area contributed by atoms with E-state index in [1.165, 1.54) is 0 Å². The second kappa shape index (κ2) is 10.1. The van der Waals surface area contributed by atoms with Crippen molar-refractivity contribution in [3.05, 3.63) is 66.1 Å². The van der Waals surface area contributed by atoms with Crippen molar-refractivity contribution in [2.24, 2.45) is 11.1 Å². The molecule has 4 N–H and O–H groups in total. The molecule has 3 aromatic heterocycles. The van der Waals surface area contributed by atoms with Crippen molar-refractivity contribution in [1.29, 1.82) is 0 Å². The van der Waals surface area contributed by atoms with Gasteiger partial charge in [0.25, 0.3) is 0 Å². The highest BCUT2D eigenvalue weighted by molar-refractivity contribution is 6.18. The van der Waals surface area contributed by atoms with Gasteiger partial charge in [0, 0.05) is 47.1 Å². The lowest BCUT2D eigenvalue weighted by Gasteiger charge is -2.49. The third-order valence-electron chi connectivity index (χ3n) is 6.90. The molecule has 4 heterocycles. The molecule has 0 radical (unpaired) electrons. The van der Waals surface area contributed by atoms with Crippen molar-refractivity contribution in [3.63, 3.8) is 0 Å². The molecule has 188 valence electrons. The first-order chi connectivity index (χ1) is 17.5. The van der Waals surface area contributed by atoms with Crippen LogP contribution in [0.15, 0.2) is 54.7 Å². The van der Waals surface area contributed by atoms with Gasteiger partial charge in [-0.1, -0.05) is 25.5 Å². The Hall–Kier alpha value is -3.04. The van der Waals surface area contributed by atoms with Crippen LogP contribution in [0.1, 0.15) is 37.2 Å². The average molecular weight is 507 g/mol. The van der Waals surface area contributed by atoms with Gasteiger partial charge in [-0.15, -0.1) is 11.6 Å². The Labute approximate surface area is 215 Å². The maximum atomic E-state index is 9.90. The van der Waals surface area contributed by atoms with Gasteiger partial charge in [0.2, 0.25) is 0 Å². The largest absolute Gasteiger partial charge is 0.396 e. The van der Waals surface area contributed by atoms with Gasteiger partial charge in [0.1, 0.15) is 0 Å². The van der Waals surface area contributed by atoms with Crippen molar-refractivity contribution < 1.29 is 10.2 Å². The van der Waals surface area contributed by atoms with Crippen LogP contribution in [0.4, 0.5) is 5.69 Å². The first-order valence-electron chi connectivity index (χ1n) is 12.2. The molecular weight excluding hydrogens is 476 g/mol. The smallest absolute Gasteiger partial charge is 0.154 e. The first kappa shape index (κ1) is 24.6. The highest BCUT2D eigenvalue weighted by Crippen LogP contribution is 2.41. The Morgan fingerprint density at radius 1 is 1.11 bits per heavy atom. The standard InChI is InChI=1S/C27H31ClN6O2/c1-2-5-21(29)23-8-4-7-22(32-23)18-10-24(33-15-27(14-28,16-33)17-36)20-12-30-34(25(20)11-18)26-9-3-6-19(13-35)31-26/h3-4,6-12,21,35-36H,2,5,13-17,29H2,1H3. The predicted octanol–water partition coefficient (Wildman–Crippen LogP) is 3.81. The van der Waals surface area contributed by atoms with Gasteiger partial charge in [-0.25, -0.2) is 9.67 Å². The third-order valence-corrected chi connectivity index (χ3v) is 7.46. The van der Waals surface area contributed by atoms with Gasteiger partial charge in [-0.2, -0.15) is 5.10 Å². The average Bonchev–Trinajstić information content (AvgIpc) is 3.33. The Kier molecular flexibility index (Phi) is 6.94. The molecule has 1 fully saturated rings. The molecule has 8 nitrogen and oxygen atoms in total. The normalized spacial score (nSPS) is 15.8. The van der Waals surface area contributed by atoms with Crippen LogP contribution in [-0.4, -0.2) is 55.5 Å². The number of hydrogen-bond acceptors (Lipinski definition) is 7. The number of nitrogens with two attached hydrogens (primary N) is 1. The fourth-order valence-electron chi connectivity index (χ4n) is 4.81. The second-order valence-electron chi connectivity index (χ2n) is 9.62. The van der Waals surface area contributed by atoms with Crippen LogP contribution in [0.25, 0.3) is 28.0 Å². The minimum absolute atomic E-state index is 0.0475. The summed E-state index contributed by atoms with van der Waals surface area (Å²) in [4.78, 5) is 11.7. The number of nitrogens with zero attached hydrogens (tertiary/aromatic N) is 5. The van der Waals surface area contributed by atoms with Crippen LogP contribution >= 0.6 is 11.6 Å². The van der Waals surface area contributed by atoms with E-state index in [0.717, 1.165) is 46.4 Å². The molecule has 0 spiro atoms. The molecule has 0 bridgehead atoms. The number of anilines is 1. The molecule has 1 aliphatic heterocycles. The highest BCUT2D eigenvalue weighted by Gasteiger charge is 2.42. The van der Waals surface area contributed by atoms with E-state index in [2.05, 4.69) is 34.0 Å². The number of benzene rings is 1. The molecule has 1 unspecified atom stereocenters. The number of aliphatic hydroxyl groups excluding tert-OH is 2. The Bertz CT molecular complexity index is 1360. The van der Waals surface area contributed by atoms with Crippen molar-refractivity contribution >= 4 is 28.2 Å². The maximum Gasteiger partial charge on any atom is 0.154 e. The highest BCUT2D eigenvalue weighted by atomic mass is 35.5. The molecule has 9 heteroatoms. The number of hydrogen-bond donors (Lipinski definition) is 3. The van der Waals surface area contributed by atoms with E-state index >= 15 is 0 Å². The topological polar surface area (TPSA) is 113 Å². The number of halogens is 1. The van der Waals surface area contributed by atoms with E-state index < -0.39 is 0 Å². The lowest BCUT2D eigenvalue weighted by molar-refractivity contribution is 0.114. The quantitative estimate of drug-likeness (QED) is 0.296. The molecule has 1 saturated heterocycles. The number of rotatable bonds is 9. The summed E-state index contributed by atoms with van der Waals surface area (Å²) in [6, 6.07) is 15.5. The molecule has 4 aromatic rings. The molecule has 0 amide bonds. The minimum atomic E-state index is -0.304. The lowest BCUT2D eigenvalue weighted by Crippen LogP contribution is -2.59. The fraction of sp³-hybridized carbons (Fsp3) is 0.370. The zero-order valence-electron chi connectivity index (χ0n) is 20.3. The zero-order chi connectivity index (χ0) is 25.3. The van der Waals surface area contributed by atoms with Gasteiger partial charge in [-0.05, 0) is 42.8 Å². The Morgan fingerprint density at radius 3 is 2.64 bits per heavy atom. The summed E-state index contributed by atoms with van der Waals surface area (Å²) in [5.41, 5.74) is 11.2. The minimum Gasteiger partial charge on any atom is -0.396 e. The van der Waals surface area contributed by atoms with E-state index in [9.17, 15) is 10.2 Å². The van der Waals surface area contributed by atoms with E-state index in [1.54, 1.807) is 10.7 Å². The third kappa shape index (κ3) is 4.46. The molecule has 0 aliphatic carbocycles. The van der Waals surface area contributed by atoms with Crippen LogP contribution in [-0.2, 0) is 6.61 Å². The van der Waals surface area contributed by atoms with Gasteiger partial charge in [0.05, 0.1) is 42.0 Å². The SMILES string of the molecule is CCCC(N)c1cccc(-c2cc(N3CC(CO)(CCl)C3)c3cnn(-c4cccc(CO)n4)c3c2)n1. The maximum absolute atomic E-state index is 9.90. The predicted molar refractivity (Wildman–Crippen MR) is 142 cm³/mol. The van der Waals surface area contributed by atoms with Crippen molar-refractivity contribution in [2.45, 2.75) is 32.4 Å². The molecule has 0 saturated carbocycles. The number of aromatic nitrogens is 4. The Morgan fingerprint density at radius 2 is 1.92 bits per heavy atom. The molecule has 1 aliphatic rings. The Balaban J connectivity index is 1.65. The van der Waals surface area contributed by atoms with Crippen LogP contribution in [0, 0.1) is 5.41 Å². The molecular formula is C27H31ClN6O2. The lowest BCUT2D eigenvalue weighted by atomic mass is 9.82.